The molecule has 80 heavy (non-hydrogen) atoms. The summed E-state index contributed by atoms with van der Waals surface area (Å²) in [4.78, 5) is 152. The first kappa shape index (κ1) is 68.6. The maximum atomic E-state index is 13.8. The number of nitrogens with one attached hydrogen (secondary N) is 6. The minimum Gasteiger partial charge on any atom is -0.481 e. The third-order valence-electron chi connectivity index (χ3n) is 12.8. The van der Waals surface area contributed by atoms with Crippen LogP contribution in [0.15, 0.2) is 30.3 Å². The predicted molar refractivity (Wildman–Crippen MR) is 283 cm³/mol. The van der Waals surface area contributed by atoms with Crippen LogP contribution in [0, 0.1) is 0 Å². The normalized spacial score (nSPS) is 15.4. The van der Waals surface area contributed by atoms with Crippen molar-refractivity contribution in [2.45, 2.75) is 120 Å². The molecule has 1 aliphatic rings. The van der Waals surface area contributed by atoms with Gasteiger partial charge in [0.2, 0.25) is 23.6 Å². The van der Waals surface area contributed by atoms with Gasteiger partial charge in [0.1, 0.15) is 24.2 Å². The molecule has 0 spiro atoms. The van der Waals surface area contributed by atoms with Crippen LogP contribution in [0.5, 0.6) is 0 Å². The summed E-state index contributed by atoms with van der Waals surface area (Å²) in [5.74, 6) is -10.5. The van der Waals surface area contributed by atoms with Crippen LogP contribution in [-0.2, 0) is 59.2 Å². The molecule has 0 radical (unpaired) electrons. The van der Waals surface area contributed by atoms with Crippen LogP contribution in [0.3, 0.4) is 0 Å². The van der Waals surface area contributed by atoms with Crippen molar-refractivity contribution in [3.8, 4) is 0 Å². The summed E-state index contributed by atoms with van der Waals surface area (Å²) in [6, 6.07) is 2.24. The van der Waals surface area contributed by atoms with Crippen LogP contribution in [-0.4, -0.2) is 243 Å². The van der Waals surface area contributed by atoms with E-state index in [1.54, 1.807) is 49.9 Å². The molecule has 1 fully saturated rings. The Balaban J connectivity index is 1.81. The number of hydrogen-bond acceptors (Lipinski definition) is 16. The molecule has 6 amide bonds. The van der Waals surface area contributed by atoms with Gasteiger partial charge in [-0.2, -0.15) is 0 Å². The highest BCUT2D eigenvalue weighted by molar-refractivity contribution is 5.91. The van der Waals surface area contributed by atoms with Crippen LogP contribution in [0.4, 0.5) is 4.79 Å². The van der Waals surface area contributed by atoms with Gasteiger partial charge < -0.3 is 67.6 Å². The Morgan fingerprint density at radius 3 is 1.16 bits per heavy atom. The Labute approximate surface area is 463 Å². The van der Waals surface area contributed by atoms with Crippen molar-refractivity contribution in [2.24, 2.45) is 0 Å². The molecule has 1 aromatic carbocycles. The Kier molecular flexibility index (Phi) is 33.4. The molecule has 1 aliphatic heterocycles. The molecule has 0 saturated carbocycles. The summed E-state index contributed by atoms with van der Waals surface area (Å²) >= 11 is 0. The number of nitrogens with zero attached hydrogens (tertiary/aromatic N) is 4. The van der Waals surface area contributed by atoms with E-state index in [1.807, 2.05) is 0 Å². The van der Waals surface area contributed by atoms with Crippen LogP contribution in [0.1, 0.15) is 95.5 Å². The second-order valence-corrected chi connectivity index (χ2v) is 19.4. The molecule has 29 heteroatoms. The van der Waals surface area contributed by atoms with Crippen LogP contribution >= 0.6 is 0 Å². The first-order chi connectivity index (χ1) is 38.0. The molecule has 1 heterocycles. The van der Waals surface area contributed by atoms with E-state index in [2.05, 4.69) is 31.9 Å². The molecule has 0 aliphatic carbocycles. The van der Waals surface area contributed by atoms with Crippen LogP contribution in [0.25, 0.3) is 0 Å². The molecule has 4 atom stereocenters. The largest absolute Gasteiger partial charge is 0.481 e. The van der Waals surface area contributed by atoms with E-state index in [4.69, 9.17) is 5.11 Å². The molecular weight excluding hydrogens is 1060 g/mol. The average Bonchev–Trinajstić information content (AvgIpc) is 3.37. The molecule has 2 unspecified atom stereocenters. The van der Waals surface area contributed by atoms with Crippen molar-refractivity contribution in [3.05, 3.63) is 35.9 Å². The van der Waals surface area contributed by atoms with E-state index >= 15 is 0 Å². The highest BCUT2D eigenvalue weighted by atomic mass is 16.4. The monoisotopic (exact) mass is 1140 g/mol. The highest BCUT2D eigenvalue weighted by Crippen LogP contribution is 2.10. The fourth-order valence-corrected chi connectivity index (χ4v) is 8.46. The Bertz CT molecular complexity index is 2160. The fraction of sp³-hybridized carbons (Fsp3) is 0.647. The number of benzene rings is 1. The van der Waals surface area contributed by atoms with E-state index in [-0.39, 0.29) is 136 Å². The van der Waals surface area contributed by atoms with Gasteiger partial charge in [-0.15, -0.1) is 0 Å². The molecule has 1 saturated heterocycles. The number of aliphatic carboxylic acids is 7. The number of carboxylic acid groups (broad SMARTS) is 7. The van der Waals surface area contributed by atoms with Gasteiger partial charge >= 0.3 is 47.8 Å². The molecule has 1 aromatic rings. The maximum Gasteiger partial charge on any atom is 0.326 e. The zero-order valence-electron chi connectivity index (χ0n) is 45.0. The van der Waals surface area contributed by atoms with Crippen molar-refractivity contribution >= 4 is 71.4 Å². The van der Waals surface area contributed by atoms with Gasteiger partial charge in [-0.1, -0.05) is 43.2 Å². The van der Waals surface area contributed by atoms with E-state index in [0.29, 0.717) is 56.9 Å². The molecule has 2 rings (SSSR count). The van der Waals surface area contributed by atoms with Crippen molar-refractivity contribution in [3.63, 3.8) is 0 Å². The van der Waals surface area contributed by atoms with Gasteiger partial charge in [-0.25, -0.2) is 19.2 Å². The van der Waals surface area contributed by atoms with E-state index < -0.39 is 96.6 Å². The summed E-state index contributed by atoms with van der Waals surface area (Å²) < 4.78 is 0. The summed E-state index contributed by atoms with van der Waals surface area (Å²) in [7, 11) is 0. The summed E-state index contributed by atoms with van der Waals surface area (Å²) in [5.41, 5.74) is 0.672. The molecule has 13 N–H and O–H groups in total. The average molecular weight is 1140 g/mol. The topological polar surface area (TPSA) is 432 Å². The first-order valence-corrected chi connectivity index (χ1v) is 26.7. The zero-order chi connectivity index (χ0) is 59.4. The van der Waals surface area contributed by atoms with Gasteiger partial charge in [0.05, 0.1) is 26.2 Å². The lowest BCUT2D eigenvalue weighted by atomic mass is 10.0. The fourth-order valence-electron chi connectivity index (χ4n) is 8.46. The Hall–Kier alpha value is -7.50. The van der Waals surface area contributed by atoms with Crippen molar-refractivity contribution in [1.29, 1.82) is 0 Å². The minimum atomic E-state index is -1.53. The smallest absolute Gasteiger partial charge is 0.326 e. The van der Waals surface area contributed by atoms with Gasteiger partial charge in [0.25, 0.3) is 0 Å². The summed E-state index contributed by atoms with van der Waals surface area (Å²) in [5, 5.41) is 81.1. The number of hydrogen-bond donors (Lipinski definition) is 13. The third kappa shape index (κ3) is 32.4. The number of unbranched alkanes of at least 4 members (excludes halogenated alkanes) is 5. The predicted octanol–water partition coefficient (Wildman–Crippen LogP) is -1.26. The van der Waals surface area contributed by atoms with Crippen molar-refractivity contribution < 1.29 is 93.3 Å². The Morgan fingerprint density at radius 2 is 0.775 bits per heavy atom. The molecule has 0 bridgehead atoms. The van der Waals surface area contributed by atoms with Gasteiger partial charge in [0.15, 0.2) is 0 Å². The molecule has 0 aromatic heterocycles. The lowest BCUT2D eigenvalue weighted by molar-refractivity contribution is -0.142. The van der Waals surface area contributed by atoms with E-state index in [9.17, 15) is 88.2 Å². The number of carbonyl (C=O) groups is 12. The lowest BCUT2D eigenvalue weighted by Crippen LogP contribution is -2.54. The molecule has 29 nitrogen and oxygen atoms in total. The number of rotatable bonds is 38. The first-order valence-electron chi connectivity index (χ1n) is 26.7. The van der Waals surface area contributed by atoms with Crippen molar-refractivity contribution in [1.82, 2.24) is 51.5 Å². The minimum absolute atomic E-state index is 0.00674. The quantitative estimate of drug-likeness (QED) is 0.0344. The van der Waals surface area contributed by atoms with Crippen LogP contribution in [0.2, 0.25) is 0 Å². The Morgan fingerprint density at radius 1 is 0.388 bits per heavy atom. The number of urea groups is 1. The second-order valence-electron chi connectivity index (χ2n) is 19.4. The van der Waals surface area contributed by atoms with E-state index in [1.165, 1.54) is 0 Å². The zero-order valence-corrected chi connectivity index (χ0v) is 45.0. The summed E-state index contributed by atoms with van der Waals surface area (Å²) in [6.07, 6.45) is 3.42. The van der Waals surface area contributed by atoms with E-state index in [0.717, 1.165) is 0 Å². The molecular formula is C51H80N10O19. The second kappa shape index (κ2) is 39.0. The number of amides is 6. The maximum absolute atomic E-state index is 13.8. The van der Waals surface area contributed by atoms with Crippen molar-refractivity contribution in [2.75, 3.05) is 91.6 Å². The number of carboxylic acids is 7. The third-order valence-corrected chi connectivity index (χ3v) is 12.8. The molecule has 448 valence electrons. The lowest BCUT2D eigenvalue weighted by Gasteiger charge is -2.33. The highest BCUT2D eigenvalue weighted by Gasteiger charge is 2.29. The SMILES string of the molecule is O=C(O)CC[C@H](NC(=O)N[C@@H](CCCCNC(=O)CCCCCCC(=O)NCCCCC(NC(=O)C(Cc1ccccc1)NC(=O)CN1CCN(CC(=O)O)CCN(CC(=O)O)CCN(CC(=O)O)CC1)C(=O)O)C(=O)O)C(=O)O. The van der Waals surface area contributed by atoms with Gasteiger partial charge in [-0.3, -0.25) is 58.0 Å². The number of carbonyl (C=O) groups excluding carboxylic acids is 5. The standard InChI is InChI=1S/C51H80N10O19/c62-40(16-6-1-2-7-17-41(63)53-21-11-9-15-37(49(76)77)56-51(80)57-38(50(78)79)18-19-43(65)66)52-20-10-8-14-36(48(74)75)55-47(73)39(30-35-12-4-3-5-13-35)54-42(64)31-58-22-24-59(32-44(67)68)26-28-61(34-46(71)72)29-27-60(25-23-58)33-45(69)70/h3-5,12-13,36-39H,1-2,6-11,14-34H2,(H,52,62)(H,53,63)(H,54,64)(H,55,73)(H,65,66)(H,67,68)(H,69,70)(H,71,72)(H,74,75)(H,76,77)(H,78,79)(H2,56,57,80)/t36?,37-,38-,39?/m0/s1. The van der Waals surface area contributed by atoms with Gasteiger partial charge in [-0.05, 0) is 63.4 Å². The van der Waals surface area contributed by atoms with Gasteiger partial charge in [0, 0.05) is 91.1 Å². The summed E-state index contributed by atoms with van der Waals surface area (Å²) in [6.45, 7) is 0.561. The van der Waals surface area contributed by atoms with Crippen LogP contribution < -0.4 is 31.9 Å².